The molecule has 0 radical (unpaired) electrons. The van der Waals surface area contributed by atoms with Gasteiger partial charge in [0.05, 0.1) is 17.8 Å². The third kappa shape index (κ3) is 3.46. The van der Waals surface area contributed by atoms with Crippen LogP contribution in [0.4, 0.5) is 0 Å². The average Bonchev–Trinajstić information content (AvgIpc) is 2.49. The van der Waals surface area contributed by atoms with Crippen LogP contribution in [0, 0.1) is 6.92 Å². The van der Waals surface area contributed by atoms with E-state index in [9.17, 15) is 9.59 Å². The van der Waals surface area contributed by atoms with Gasteiger partial charge in [-0.1, -0.05) is 11.6 Å². The number of aromatic nitrogens is 2. The molecule has 0 saturated heterocycles. The quantitative estimate of drug-likeness (QED) is 0.844. The molecular weight excluding hydrogens is 256 g/mol. The number of carbonyl (C=O) groups is 2. The van der Waals surface area contributed by atoms with E-state index < -0.39 is 5.91 Å². The van der Waals surface area contributed by atoms with Gasteiger partial charge in [0.15, 0.2) is 0 Å². The maximum Gasteiger partial charge on any atom is 0.256 e. The summed E-state index contributed by atoms with van der Waals surface area (Å²) in [6, 6.07) is 0.0399. The molecule has 1 aromatic rings. The lowest BCUT2D eigenvalue weighted by molar-refractivity contribution is -0.120. The van der Waals surface area contributed by atoms with Gasteiger partial charge in [-0.2, -0.15) is 5.10 Å². The molecule has 7 heteroatoms. The van der Waals surface area contributed by atoms with Crippen LogP contribution in [0.25, 0.3) is 0 Å². The van der Waals surface area contributed by atoms with E-state index in [1.807, 2.05) is 13.8 Å². The Morgan fingerprint density at radius 3 is 2.50 bits per heavy atom. The van der Waals surface area contributed by atoms with Crippen molar-refractivity contribution in [3.05, 3.63) is 16.4 Å². The second-order valence-corrected chi connectivity index (χ2v) is 4.64. The Morgan fingerprint density at radius 2 is 2.06 bits per heavy atom. The van der Waals surface area contributed by atoms with Crippen molar-refractivity contribution in [2.45, 2.75) is 26.8 Å². The second kappa shape index (κ2) is 5.86. The van der Waals surface area contributed by atoms with Crippen LogP contribution in [0.3, 0.4) is 0 Å². The Morgan fingerprint density at radius 1 is 1.44 bits per heavy atom. The summed E-state index contributed by atoms with van der Waals surface area (Å²) in [5.74, 6) is -0.638. The third-order valence-corrected chi connectivity index (χ3v) is 2.67. The lowest BCUT2D eigenvalue weighted by atomic mass is 10.2. The molecule has 0 saturated carbocycles. The van der Waals surface area contributed by atoms with Gasteiger partial charge >= 0.3 is 0 Å². The lowest BCUT2D eigenvalue weighted by Crippen LogP contribution is -2.39. The second-order valence-electron chi connectivity index (χ2n) is 4.28. The molecule has 6 nitrogen and oxygen atoms in total. The molecule has 0 unspecified atom stereocenters. The summed E-state index contributed by atoms with van der Waals surface area (Å²) in [6.07, 6.45) is 0. The SMILES string of the molecule is Cc1nn(C)c(Cl)c1C(=O)NCC(=O)NC(C)C. The van der Waals surface area contributed by atoms with Crippen molar-refractivity contribution < 1.29 is 9.59 Å². The first kappa shape index (κ1) is 14.5. The first-order valence-corrected chi connectivity index (χ1v) is 5.97. The van der Waals surface area contributed by atoms with Crippen molar-refractivity contribution in [3.63, 3.8) is 0 Å². The van der Waals surface area contributed by atoms with E-state index in [0.29, 0.717) is 11.3 Å². The molecule has 2 N–H and O–H groups in total. The summed E-state index contributed by atoms with van der Waals surface area (Å²) in [7, 11) is 1.65. The number of carbonyl (C=O) groups excluding carboxylic acids is 2. The summed E-state index contributed by atoms with van der Waals surface area (Å²) < 4.78 is 1.42. The Kier molecular flexibility index (Phi) is 4.72. The van der Waals surface area contributed by atoms with E-state index in [1.54, 1.807) is 14.0 Å². The molecule has 0 bridgehead atoms. The molecule has 0 atom stereocenters. The van der Waals surface area contributed by atoms with Crippen LogP contribution in [-0.4, -0.2) is 34.2 Å². The van der Waals surface area contributed by atoms with Gasteiger partial charge in [-0.25, -0.2) is 0 Å². The van der Waals surface area contributed by atoms with Crippen LogP contribution in [0.15, 0.2) is 0 Å². The predicted octanol–water partition coefficient (Wildman–Crippen LogP) is 0.636. The van der Waals surface area contributed by atoms with Crippen molar-refractivity contribution in [1.29, 1.82) is 0 Å². The predicted molar refractivity (Wildman–Crippen MR) is 68.6 cm³/mol. The lowest BCUT2D eigenvalue weighted by Gasteiger charge is -2.09. The molecule has 0 aliphatic rings. The van der Waals surface area contributed by atoms with Crippen molar-refractivity contribution in [2.75, 3.05) is 6.54 Å². The first-order chi connectivity index (χ1) is 8.32. The van der Waals surface area contributed by atoms with Crippen LogP contribution in [0.5, 0.6) is 0 Å². The molecule has 0 aromatic carbocycles. The van der Waals surface area contributed by atoms with Crippen molar-refractivity contribution >= 4 is 23.4 Å². The monoisotopic (exact) mass is 272 g/mol. The Bertz CT molecular complexity index is 468. The van der Waals surface area contributed by atoms with E-state index >= 15 is 0 Å². The maximum atomic E-state index is 11.9. The molecule has 0 spiro atoms. The number of aryl methyl sites for hydroxylation is 2. The van der Waals surface area contributed by atoms with Crippen LogP contribution in [0.2, 0.25) is 5.15 Å². The molecule has 100 valence electrons. The highest BCUT2D eigenvalue weighted by molar-refractivity contribution is 6.33. The number of hydrogen-bond acceptors (Lipinski definition) is 3. The Labute approximate surface area is 111 Å². The van der Waals surface area contributed by atoms with E-state index in [2.05, 4.69) is 15.7 Å². The fourth-order valence-corrected chi connectivity index (χ4v) is 1.77. The number of amides is 2. The molecule has 1 heterocycles. The molecule has 2 amide bonds. The van der Waals surface area contributed by atoms with Gasteiger partial charge in [0.25, 0.3) is 5.91 Å². The molecular formula is C11H17ClN4O2. The van der Waals surface area contributed by atoms with Crippen LogP contribution in [-0.2, 0) is 11.8 Å². The average molecular weight is 273 g/mol. The van der Waals surface area contributed by atoms with E-state index in [1.165, 1.54) is 4.68 Å². The zero-order valence-corrected chi connectivity index (χ0v) is 11.6. The Hall–Kier alpha value is -1.56. The highest BCUT2D eigenvalue weighted by Gasteiger charge is 2.19. The summed E-state index contributed by atoms with van der Waals surface area (Å²) >= 11 is 5.95. The number of nitrogens with zero attached hydrogens (tertiary/aromatic N) is 2. The molecule has 0 aliphatic carbocycles. The van der Waals surface area contributed by atoms with Crippen molar-refractivity contribution in [2.24, 2.45) is 7.05 Å². The van der Waals surface area contributed by atoms with Crippen molar-refractivity contribution in [1.82, 2.24) is 20.4 Å². The fourth-order valence-electron chi connectivity index (χ4n) is 1.51. The van der Waals surface area contributed by atoms with Gasteiger partial charge in [-0.3, -0.25) is 14.3 Å². The van der Waals surface area contributed by atoms with Gasteiger partial charge in [0.2, 0.25) is 5.91 Å². The minimum absolute atomic E-state index is 0.0399. The van der Waals surface area contributed by atoms with Gasteiger partial charge in [-0.05, 0) is 20.8 Å². The van der Waals surface area contributed by atoms with Crippen LogP contribution in [0.1, 0.15) is 29.9 Å². The number of nitrogens with one attached hydrogen (secondary N) is 2. The smallest absolute Gasteiger partial charge is 0.256 e. The standard InChI is InChI=1S/C11H17ClN4O2/c1-6(2)14-8(17)5-13-11(18)9-7(3)15-16(4)10(9)12/h6H,5H2,1-4H3,(H,13,18)(H,14,17). The van der Waals surface area contributed by atoms with E-state index in [-0.39, 0.29) is 23.6 Å². The molecule has 1 rings (SSSR count). The normalized spacial score (nSPS) is 10.6. The highest BCUT2D eigenvalue weighted by Crippen LogP contribution is 2.17. The third-order valence-electron chi connectivity index (χ3n) is 2.24. The minimum Gasteiger partial charge on any atom is -0.352 e. The summed E-state index contributed by atoms with van der Waals surface area (Å²) in [5, 5.41) is 9.48. The number of halogens is 1. The molecule has 0 aliphatic heterocycles. The van der Waals surface area contributed by atoms with Gasteiger partial charge in [-0.15, -0.1) is 0 Å². The number of hydrogen-bond donors (Lipinski definition) is 2. The molecule has 18 heavy (non-hydrogen) atoms. The highest BCUT2D eigenvalue weighted by atomic mass is 35.5. The topological polar surface area (TPSA) is 76.0 Å². The number of rotatable bonds is 4. The fraction of sp³-hybridized carbons (Fsp3) is 0.545. The zero-order valence-electron chi connectivity index (χ0n) is 10.9. The van der Waals surface area contributed by atoms with E-state index in [0.717, 1.165) is 0 Å². The van der Waals surface area contributed by atoms with Gasteiger partial charge < -0.3 is 10.6 Å². The maximum absolute atomic E-state index is 11.9. The first-order valence-electron chi connectivity index (χ1n) is 5.59. The minimum atomic E-state index is -0.399. The summed E-state index contributed by atoms with van der Waals surface area (Å²) in [6.45, 7) is 5.31. The largest absolute Gasteiger partial charge is 0.352 e. The Balaban J connectivity index is 2.64. The molecule has 0 fully saturated rings. The van der Waals surface area contributed by atoms with Gasteiger partial charge in [0.1, 0.15) is 5.15 Å². The summed E-state index contributed by atoms with van der Waals surface area (Å²) in [4.78, 5) is 23.2. The molecule has 1 aromatic heterocycles. The van der Waals surface area contributed by atoms with Gasteiger partial charge in [0, 0.05) is 13.1 Å². The van der Waals surface area contributed by atoms with Crippen molar-refractivity contribution in [3.8, 4) is 0 Å². The zero-order chi connectivity index (χ0) is 13.9. The van der Waals surface area contributed by atoms with Crippen LogP contribution < -0.4 is 10.6 Å². The van der Waals surface area contributed by atoms with E-state index in [4.69, 9.17) is 11.6 Å². The van der Waals surface area contributed by atoms with Crippen LogP contribution >= 0.6 is 11.6 Å². The summed E-state index contributed by atoms with van der Waals surface area (Å²) in [5.41, 5.74) is 0.834.